The molecule has 1 aliphatic carbocycles. The van der Waals surface area contributed by atoms with Gasteiger partial charge in [-0.15, -0.1) is 0 Å². The number of benzene rings is 2. The second kappa shape index (κ2) is 11.2. The highest BCUT2D eigenvalue weighted by atomic mass is 19.1. The molecule has 1 saturated carbocycles. The number of aliphatic imine (C=N–C) groups is 1. The molecule has 160 valence electrons. The Bertz CT molecular complexity index is 851. The Morgan fingerprint density at radius 1 is 1.07 bits per heavy atom. The van der Waals surface area contributed by atoms with Crippen LogP contribution >= 0.6 is 0 Å². The molecular formula is C23H29FN4O2. The molecule has 1 fully saturated rings. The summed E-state index contributed by atoms with van der Waals surface area (Å²) in [6, 6.07) is 14.7. The second-order valence-electron chi connectivity index (χ2n) is 7.33. The lowest BCUT2D eigenvalue weighted by Gasteiger charge is -2.12. The van der Waals surface area contributed by atoms with Gasteiger partial charge in [0.05, 0.1) is 0 Å². The molecule has 30 heavy (non-hydrogen) atoms. The molecule has 0 unspecified atom stereocenters. The third-order valence-electron chi connectivity index (χ3n) is 4.76. The Hall–Kier alpha value is -3.09. The fraction of sp³-hybridized carbons (Fsp3) is 0.391. The van der Waals surface area contributed by atoms with E-state index in [1.807, 2.05) is 30.3 Å². The first-order chi connectivity index (χ1) is 14.6. The summed E-state index contributed by atoms with van der Waals surface area (Å²) in [7, 11) is 1.73. The molecule has 0 saturated heterocycles. The molecule has 1 aliphatic rings. The van der Waals surface area contributed by atoms with Gasteiger partial charge in [0.15, 0.2) is 12.6 Å². The predicted octanol–water partition coefficient (Wildman–Crippen LogP) is 2.43. The summed E-state index contributed by atoms with van der Waals surface area (Å²) >= 11 is 0. The molecule has 0 spiro atoms. The number of carbonyl (C=O) groups excluding carboxylic acids is 1. The van der Waals surface area contributed by atoms with E-state index in [2.05, 4.69) is 20.9 Å². The Morgan fingerprint density at radius 3 is 2.40 bits per heavy atom. The number of nitrogens with zero attached hydrogens (tertiary/aromatic N) is 1. The van der Waals surface area contributed by atoms with E-state index < -0.39 is 0 Å². The quantitative estimate of drug-likeness (QED) is 0.414. The van der Waals surface area contributed by atoms with Crippen molar-refractivity contribution in [1.29, 1.82) is 0 Å². The van der Waals surface area contributed by atoms with Crippen molar-refractivity contribution >= 4 is 11.9 Å². The summed E-state index contributed by atoms with van der Waals surface area (Å²) in [5.41, 5.74) is 2.11. The van der Waals surface area contributed by atoms with Gasteiger partial charge >= 0.3 is 0 Å². The Morgan fingerprint density at radius 2 is 1.77 bits per heavy atom. The minimum absolute atomic E-state index is 0.0506. The van der Waals surface area contributed by atoms with Gasteiger partial charge in [-0.2, -0.15) is 0 Å². The molecule has 0 aromatic heterocycles. The van der Waals surface area contributed by atoms with Gasteiger partial charge in [0.25, 0.3) is 5.91 Å². The molecule has 6 nitrogen and oxygen atoms in total. The highest BCUT2D eigenvalue weighted by molar-refractivity contribution is 5.79. The van der Waals surface area contributed by atoms with Crippen LogP contribution in [0.15, 0.2) is 53.5 Å². The predicted molar refractivity (Wildman–Crippen MR) is 116 cm³/mol. The first-order valence-corrected chi connectivity index (χ1v) is 10.3. The average molecular weight is 413 g/mol. The summed E-state index contributed by atoms with van der Waals surface area (Å²) in [4.78, 5) is 15.9. The van der Waals surface area contributed by atoms with Crippen LogP contribution in [0, 0.1) is 5.82 Å². The number of ether oxygens (including phenoxy) is 1. The molecule has 2 aromatic carbocycles. The van der Waals surface area contributed by atoms with Crippen LogP contribution in [0.5, 0.6) is 5.75 Å². The molecule has 0 atom stereocenters. The molecule has 0 heterocycles. The van der Waals surface area contributed by atoms with Crippen molar-refractivity contribution in [2.75, 3.05) is 26.7 Å². The van der Waals surface area contributed by atoms with Crippen molar-refractivity contribution in [2.45, 2.75) is 31.7 Å². The minimum Gasteiger partial charge on any atom is -0.484 e. The number of hydrogen-bond acceptors (Lipinski definition) is 3. The van der Waals surface area contributed by atoms with Crippen molar-refractivity contribution < 1.29 is 13.9 Å². The first kappa shape index (κ1) is 21.6. The lowest BCUT2D eigenvalue weighted by molar-refractivity contribution is -0.123. The molecule has 0 aliphatic heterocycles. The van der Waals surface area contributed by atoms with Gasteiger partial charge in [-0.3, -0.25) is 9.79 Å². The number of rotatable bonds is 10. The van der Waals surface area contributed by atoms with Crippen LogP contribution in [-0.2, 0) is 17.6 Å². The van der Waals surface area contributed by atoms with Crippen molar-refractivity contribution in [3.05, 3.63) is 65.5 Å². The summed E-state index contributed by atoms with van der Waals surface area (Å²) < 4.78 is 18.7. The van der Waals surface area contributed by atoms with Gasteiger partial charge in [0.2, 0.25) is 0 Å². The summed E-state index contributed by atoms with van der Waals surface area (Å²) in [5.74, 6) is 1.12. The second-order valence-corrected chi connectivity index (χ2v) is 7.33. The number of halogens is 1. The summed E-state index contributed by atoms with van der Waals surface area (Å²) in [6.07, 6.45) is 3.69. The highest BCUT2D eigenvalue weighted by Gasteiger charge is 2.23. The maximum absolute atomic E-state index is 13.2. The SMILES string of the molecule is CN=C(NCCc1ccc(OCC(=O)NC2CC2)cc1)NCCc1cccc(F)c1. The smallest absolute Gasteiger partial charge is 0.258 e. The molecule has 2 aromatic rings. The number of nitrogens with one attached hydrogen (secondary N) is 3. The van der Waals surface area contributed by atoms with Gasteiger partial charge in [-0.25, -0.2) is 4.39 Å². The first-order valence-electron chi connectivity index (χ1n) is 10.3. The average Bonchev–Trinajstić information content (AvgIpc) is 3.56. The van der Waals surface area contributed by atoms with Crippen LogP contribution < -0.4 is 20.7 Å². The molecule has 3 N–H and O–H groups in total. The molecular weight excluding hydrogens is 383 g/mol. The monoisotopic (exact) mass is 412 g/mol. The number of carbonyl (C=O) groups is 1. The van der Waals surface area contributed by atoms with Gasteiger partial charge in [0, 0.05) is 26.2 Å². The highest BCUT2D eigenvalue weighted by Crippen LogP contribution is 2.18. The van der Waals surface area contributed by atoms with Crippen molar-refractivity contribution in [3.8, 4) is 5.75 Å². The van der Waals surface area contributed by atoms with Crippen molar-refractivity contribution in [1.82, 2.24) is 16.0 Å². The maximum atomic E-state index is 13.2. The zero-order valence-electron chi connectivity index (χ0n) is 17.3. The van der Waals surface area contributed by atoms with E-state index >= 15 is 0 Å². The normalized spacial score (nSPS) is 13.6. The zero-order chi connectivity index (χ0) is 21.2. The van der Waals surface area contributed by atoms with E-state index in [-0.39, 0.29) is 18.3 Å². The molecule has 7 heteroatoms. The third kappa shape index (κ3) is 7.73. The van der Waals surface area contributed by atoms with Gasteiger partial charge in [-0.1, -0.05) is 24.3 Å². The van der Waals surface area contributed by atoms with Gasteiger partial charge < -0.3 is 20.7 Å². The largest absolute Gasteiger partial charge is 0.484 e. The van der Waals surface area contributed by atoms with Gasteiger partial charge in [0.1, 0.15) is 11.6 Å². The van der Waals surface area contributed by atoms with Crippen LogP contribution in [0.2, 0.25) is 0 Å². The van der Waals surface area contributed by atoms with Crippen LogP contribution in [0.25, 0.3) is 0 Å². The van der Waals surface area contributed by atoms with E-state index in [0.29, 0.717) is 24.3 Å². The van der Waals surface area contributed by atoms with Crippen LogP contribution in [0.3, 0.4) is 0 Å². The van der Waals surface area contributed by atoms with Gasteiger partial charge in [-0.05, 0) is 61.1 Å². The maximum Gasteiger partial charge on any atom is 0.258 e. The number of guanidine groups is 1. The standard InChI is InChI=1S/C23H29FN4O2/c1-25-23(27-14-12-18-3-2-4-19(24)15-18)26-13-11-17-5-9-21(10-6-17)30-16-22(29)28-20-7-8-20/h2-6,9-10,15,20H,7-8,11-14,16H2,1H3,(H,28,29)(H2,25,26,27). The zero-order valence-corrected chi connectivity index (χ0v) is 17.3. The Labute approximate surface area is 176 Å². The fourth-order valence-corrected chi connectivity index (χ4v) is 2.96. The lowest BCUT2D eigenvalue weighted by atomic mass is 10.1. The van der Waals surface area contributed by atoms with E-state index in [4.69, 9.17) is 4.74 Å². The minimum atomic E-state index is -0.215. The van der Waals surface area contributed by atoms with E-state index in [0.717, 1.165) is 43.4 Å². The van der Waals surface area contributed by atoms with E-state index in [9.17, 15) is 9.18 Å². The number of amides is 1. The van der Waals surface area contributed by atoms with Crippen LogP contribution in [0.4, 0.5) is 4.39 Å². The van der Waals surface area contributed by atoms with Crippen LogP contribution in [0.1, 0.15) is 24.0 Å². The number of hydrogen-bond donors (Lipinski definition) is 3. The van der Waals surface area contributed by atoms with Crippen molar-refractivity contribution in [2.24, 2.45) is 4.99 Å². The van der Waals surface area contributed by atoms with E-state index in [1.54, 1.807) is 19.2 Å². The van der Waals surface area contributed by atoms with Crippen LogP contribution in [-0.4, -0.2) is 44.7 Å². The lowest BCUT2D eigenvalue weighted by Crippen LogP contribution is -2.39. The fourth-order valence-electron chi connectivity index (χ4n) is 2.96. The summed E-state index contributed by atoms with van der Waals surface area (Å²) in [5, 5.41) is 9.41. The summed E-state index contributed by atoms with van der Waals surface area (Å²) in [6.45, 7) is 1.45. The van der Waals surface area contributed by atoms with Crippen molar-refractivity contribution in [3.63, 3.8) is 0 Å². The molecule has 0 bridgehead atoms. The Kier molecular flexibility index (Phi) is 8.06. The third-order valence-corrected chi connectivity index (χ3v) is 4.76. The topological polar surface area (TPSA) is 74.8 Å². The van der Waals surface area contributed by atoms with E-state index in [1.165, 1.54) is 6.07 Å². The Balaban J connectivity index is 1.32. The molecule has 3 rings (SSSR count). The molecule has 0 radical (unpaired) electrons. The molecule has 1 amide bonds.